The fourth-order valence-corrected chi connectivity index (χ4v) is 0.992. The van der Waals surface area contributed by atoms with E-state index in [9.17, 15) is 13.2 Å². The van der Waals surface area contributed by atoms with Gasteiger partial charge in [0.15, 0.2) is 5.75 Å². The molecule has 0 N–H and O–H groups in total. The predicted octanol–water partition coefficient (Wildman–Crippen LogP) is -0.147. The van der Waals surface area contributed by atoms with Gasteiger partial charge in [-0.1, -0.05) is 0 Å². The van der Waals surface area contributed by atoms with Crippen LogP contribution in [0.5, 0.6) is 5.75 Å². The maximum atomic E-state index is 10.6. The van der Waals surface area contributed by atoms with E-state index in [2.05, 4.69) is 8.60 Å². The Balaban J connectivity index is 3.09. The lowest BCUT2D eigenvalue weighted by atomic mass is 10.4. The first kappa shape index (κ1) is 8.79. The van der Waals surface area contributed by atoms with Gasteiger partial charge in [-0.15, -0.1) is 0 Å². The Morgan fingerprint density at radius 1 is 1.42 bits per heavy atom. The molecular weight excluding hydrogens is 184 g/mol. The Morgan fingerprint density at radius 2 is 2.08 bits per heavy atom. The highest BCUT2D eigenvalue weighted by atomic mass is 32.2. The third-order valence-corrected chi connectivity index (χ3v) is 1.41. The average molecular weight is 190 g/mol. The Morgan fingerprint density at radius 3 is 2.58 bits per heavy atom. The van der Waals surface area contributed by atoms with Crippen molar-refractivity contribution in [2.45, 2.75) is 6.92 Å². The van der Waals surface area contributed by atoms with Gasteiger partial charge in [0.2, 0.25) is 0 Å². The SMILES string of the molecule is Cc1cc(O[SH](=O)=O)cc(=O)o1. The number of aryl methyl sites for hydroxylation is 1. The molecule has 1 aromatic heterocycles. The van der Waals surface area contributed by atoms with Crippen molar-refractivity contribution in [3.63, 3.8) is 0 Å². The summed E-state index contributed by atoms with van der Waals surface area (Å²) in [5.41, 5.74) is -0.637. The summed E-state index contributed by atoms with van der Waals surface area (Å²) in [6.45, 7) is 1.52. The van der Waals surface area contributed by atoms with Crippen LogP contribution >= 0.6 is 0 Å². The highest BCUT2D eigenvalue weighted by Gasteiger charge is 1.98. The summed E-state index contributed by atoms with van der Waals surface area (Å²) in [7, 11) is -2.98. The third kappa shape index (κ3) is 2.39. The third-order valence-electron chi connectivity index (χ3n) is 1.05. The van der Waals surface area contributed by atoms with Gasteiger partial charge in [-0.3, -0.25) is 0 Å². The maximum absolute atomic E-state index is 10.6. The largest absolute Gasteiger partial charge is 0.428 e. The molecule has 1 heterocycles. The maximum Gasteiger partial charge on any atom is 0.339 e. The van der Waals surface area contributed by atoms with Crippen LogP contribution in [-0.2, 0) is 11.0 Å². The molecule has 0 saturated heterocycles. The monoisotopic (exact) mass is 190 g/mol. The number of hydrogen-bond donors (Lipinski definition) is 1. The highest BCUT2D eigenvalue weighted by Crippen LogP contribution is 2.08. The van der Waals surface area contributed by atoms with Gasteiger partial charge >= 0.3 is 5.63 Å². The van der Waals surface area contributed by atoms with Crippen LogP contribution in [0.15, 0.2) is 21.3 Å². The molecule has 0 saturated carbocycles. The van der Waals surface area contributed by atoms with Crippen molar-refractivity contribution in [1.82, 2.24) is 0 Å². The van der Waals surface area contributed by atoms with Crippen molar-refractivity contribution in [2.75, 3.05) is 0 Å². The molecule has 0 aliphatic carbocycles. The first-order valence-corrected chi connectivity index (χ1v) is 4.11. The second kappa shape index (κ2) is 3.40. The minimum absolute atomic E-state index is 0.0279. The first-order chi connectivity index (χ1) is 5.58. The van der Waals surface area contributed by atoms with Crippen molar-refractivity contribution in [1.29, 1.82) is 0 Å². The zero-order chi connectivity index (χ0) is 9.14. The normalized spacial score (nSPS) is 10.2. The Hall–Kier alpha value is -1.30. The van der Waals surface area contributed by atoms with E-state index in [-0.39, 0.29) is 5.75 Å². The van der Waals surface area contributed by atoms with Gasteiger partial charge in [0, 0.05) is 6.07 Å². The van der Waals surface area contributed by atoms with E-state index in [4.69, 9.17) is 0 Å². The molecule has 0 bridgehead atoms. The summed E-state index contributed by atoms with van der Waals surface area (Å²) in [5, 5.41) is 0. The zero-order valence-corrected chi connectivity index (χ0v) is 7.04. The second-order valence-corrected chi connectivity index (χ2v) is 2.67. The van der Waals surface area contributed by atoms with Crippen molar-refractivity contribution >= 4 is 11.0 Å². The summed E-state index contributed by atoms with van der Waals surface area (Å²) in [5.74, 6) is 0.272. The fraction of sp³-hybridized carbons (Fsp3) is 0.167. The topological polar surface area (TPSA) is 73.6 Å². The van der Waals surface area contributed by atoms with Gasteiger partial charge in [-0.2, -0.15) is 8.42 Å². The molecular formula is C6H6O5S. The van der Waals surface area contributed by atoms with Crippen molar-refractivity contribution in [3.8, 4) is 5.75 Å². The lowest BCUT2D eigenvalue weighted by molar-refractivity contribution is 0.461. The highest BCUT2D eigenvalue weighted by molar-refractivity contribution is 7.67. The molecule has 0 amide bonds. The zero-order valence-electron chi connectivity index (χ0n) is 6.14. The van der Waals surface area contributed by atoms with Gasteiger partial charge in [0.25, 0.3) is 11.0 Å². The molecule has 0 fully saturated rings. The van der Waals surface area contributed by atoms with Crippen molar-refractivity contribution < 1.29 is 17.0 Å². The van der Waals surface area contributed by atoms with E-state index in [0.717, 1.165) is 6.07 Å². The molecule has 0 aliphatic heterocycles. The van der Waals surface area contributed by atoms with Crippen LogP contribution in [0.3, 0.4) is 0 Å². The number of rotatable bonds is 2. The molecule has 1 aromatic rings. The van der Waals surface area contributed by atoms with Crippen LogP contribution in [0.2, 0.25) is 0 Å². The lowest BCUT2D eigenvalue weighted by Gasteiger charge is -1.95. The van der Waals surface area contributed by atoms with E-state index >= 15 is 0 Å². The summed E-state index contributed by atoms with van der Waals surface area (Å²) in [6.07, 6.45) is 0. The van der Waals surface area contributed by atoms with E-state index in [1.807, 2.05) is 0 Å². The van der Waals surface area contributed by atoms with E-state index in [1.165, 1.54) is 13.0 Å². The smallest absolute Gasteiger partial charge is 0.339 e. The first-order valence-electron chi connectivity index (χ1n) is 3.02. The molecule has 1 rings (SSSR count). The Bertz CT molecular complexity index is 395. The standard InChI is InChI=1S/C6H6O5S/c1-4-2-5(11-12(8)9)3-6(7)10-4/h2-3,12H,1H3. The predicted molar refractivity (Wildman–Crippen MR) is 40.7 cm³/mol. The van der Waals surface area contributed by atoms with Gasteiger partial charge in [0.05, 0.1) is 6.07 Å². The lowest BCUT2D eigenvalue weighted by Crippen LogP contribution is -2.00. The average Bonchev–Trinajstić information content (AvgIpc) is 1.81. The van der Waals surface area contributed by atoms with Gasteiger partial charge < -0.3 is 8.60 Å². The van der Waals surface area contributed by atoms with E-state index < -0.39 is 16.6 Å². The number of hydrogen-bond acceptors (Lipinski definition) is 5. The second-order valence-electron chi connectivity index (χ2n) is 2.04. The van der Waals surface area contributed by atoms with Gasteiger partial charge in [-0.25, -0.2) is 4.79 Å². The molecule has 0 atom stereocenters. The molecule has 0 spiro atoms. The molecule has 5 nitrogen and oxygen atoms in total. The summed E-state index contributed by atoms with van der Waals surface area (Å²) >= 11 is 0. The summed E-state index contributed by atoms with van der Waals surface area (Å²) in [6, 6.07) is 2.27. The van der Waals surface area contributed by atoms with Crippen LogP contribution in [0, 0.1) is 6.92 Å². The molecule has 0 aromatic carbocycles. The van der Waals surface area contributed by atoms with E-state index in [1.54, 1.807) is 0 Å². The van der Waals surface area contributed by atoms with Crippen molar-refractivity contribution in [2.24, 2.45) is 0 Å². The Labute approximate surface area is 69.7 Å². The summed E-state index contributed by atoms with van der Waals surface area (Å²) < 4.78 is 29.0. The Kier molecular flexibility index (Phi) is 2.49. The van der Waals surface area contributed by atoms with Crippen LogP contribution in [-0.4, -0.2) is 8.42 Å². The van der Waals surface area contributed by atoms with E-state index in [0.29, 0.717) is 5.76 Å². The van der Waals surface area contributed by atoms with Crippen LogP contribution < -0.4 is 9.81 Å². The quantitative estimate of drug-likeness (QED) is 0.656. The van der Waals surface area contributed by atoms with Gasteiger partial charge in [0.1, 0.15) is 5.76 Å². The molecule has 0 aliphatic rings. The molecule has 0 radical (unpaired) electrons. The molecule has 0 unspecified atom stereocenters. The number of thiol groups is 1. The minimum Gasteiger partial charge on any atom is -0.428 e. The minimum atomic E-state index is -2.98. The van der Waals surface area contributed by atoms with Crippen molar-refractivity contribution in [3.05, 3.63) is 28.3 Å². The van der Waals surface area contributed by atoms with Gasteiger partial charge in [-0.05, 0) is 6.92 Å². The van der Waals surface area contributed by atoms with Crippen LogP contribution in [0.1, 0.15) is 5.76 Å². The van der Waals surface area contributed by atoms with Crippen LogP contribution in [0.4, 0.5) is 0 Å². The molecule has 12 heavy (non-hydrogen) atoms. The fourth-order valence-electron chi connectivity index (χ4n) is 0.715. The molecule has 66 valence electrons. The van der Waals surface area contributed by atoms with Crippen LogP contribution in [0.25, 0.3) is 0 Å². The summed E-state index contributed by atoms with van der Waals surface area (Å²) in [4.78, 5) is 10.6. The molecule has 6 heteroatoms.